The van der Waals surface area contributed by atoms with Crippen LogP contribution < -0.4 is 15.3 Å². The molecule has 2 aromatic carbocycles. The molecule has 140 valence electrons. The van der Waals surface area contributed by atoms with Gasteiger partial charge in [0, 0.05) is 17.0 Å². The number of rotatable bonds is 5. The first-order valence-electron chi connectivity index (χ1n) is 9.44. The van der Waals surface area contributed by atoms with Crippen molar-refractivity contribution in [2.75, 3.05) is 6.73 Å². The first-order valence-corrected chi connectivity index (χ1v) is 9.44. The van der Waals surface area contributed by atoms with E-state index in [0.29, 0.717) is 31.0 Å². The fraction of sp³-hybridized carbons (Fsp3) is 0.318. The maximum atomic E-state index is 14.0. The van der Waals surface area contributed by atoms with Crippen molar-refractivity contribution >= 4 is 11.0 Å². The first-order chi connectivity index (χ1) is 13.2. The molecule has 0 aliphatic carbocycles. The molecule has 1 atom stereocenters. The molecule has 0 amide bonds. The summed E-state index contributed by atoms with van der Waals surface area (Å²) in [6.07, 6.45) is 2.94. The van der Waals surface area contributed by atoms with Crippen molar-refractivity contribution < 1.29 is 18.4 Å². The van der Waals surface area contributed by atoms with E-state index in [2.05, 4.69) is 6.92 Å². The monoisotopic (exact) mass is 368 g/mol. The quantitative estimate of drug-likeness (QED) is 0.704. The number of nitrogens with one attached hydrogen (secondary N) is 1. The summed E-state index contributed by atoms with van der Waals surface area (Å²) in [4.78, 5) is 13.2. The molecule has 1 aliphatic heterocycles. The van der Waals surface area contributed by atoms with Crippen LogP contribution in [0, 0.1) is 5.82 Å². The number of benzene rings is 2. The van der Waals surface area contributed by atoms with Gasteiger partial charge in [0.2, 0.25) is 6.73 Å². The molecule has 1 unspecified atom stereocenters. The molecule has 1 aromatic heterocycles. The van der Waals surface area contributed by atoms with Gasteiger partial charge in [-0.05, 0) is 36.6 Å². The second-order valence-electron chi connectivity index (χ2n) is 7.10. The minimum atomic E-state index is -0.330. The number of hydrogen-bond donors (Lipinski definition) is 1. The molecule has 0 spiro atoms. The van der Waals surface area contributed by atoms with E-state index in [1.54, 1.807) is 18.2 Å². The lowest BCUT2D eigenvalue weighted by molar-refractivity contribution is -0.945. The largest absolute Gasteiger partial charge is 0.445 e. The van der Waals surface area contributed by atoms with Crippen LogP contribution in [0.5, 0.6) is 5.75 Å². The van der Waals surface area contributed by atoms with Crippen molar-refractivity contribution in [1.82, 2.24) is 0 Å². The van der Waals surface area contributed by atoms with Crippen LogP contribution in [0.25, 0.3) is 11.0 Å². The Labute approximate surface area is 157 Å². The average Bonchev–Trinajstić information content (AvgIpc) is 2.67. The van der Waals surface area contributed by atoms with Gasteiger partial charge in [0.15, 0.2) is 5.58 Å². The summed E-state index contributed by atoms with van der Waals surface area (Å²) in [7, 11) is 0. The molecule has 0 radical (unpaired) electrons. The Hall–Kier alpha value is -2.66. The highest BCUT2D eigenvalue weighted by Crippen LogP contribution is 2.30. The predicted molar refractivity (Wildman–Crippen MR) is 101 cm³/mol. The molecule has 0 fully saturated rings. The molecule has 1 N–H and O–H groups in total. The Morgan fingerprint density at radius 2 is 2.00 bits per heavy atom. The summed E-state index contributed by atoms with van der Waals surface area (Å²) in [5.41, 5.74) is 2.85. The molecule has 3 aromatic rings. The van der Waals surface area contributed by atoms with Gasteiger partial charge < -0.3 is 9.15 Å². The van der Waals surface area contributed by atoms with Crippen LogP contribution in [0.15, 0.2) is 51.7 Å². The lowest BCUT2D eigenvalue weighted by atomic mass is 10.0. The van der Waals surface area contributed by atoms with Gasteiger partial charge in [0.1, 0.15) is 24.7 Å². The molecule has 4 rings (SSSR count). The van der Waals surface area contributed by atoms with Crippen molar-refractivity contribution in [3.05, 3.63) is 75.4 Å². The molecular weight excluding hydrogens is 345 g/mol. The second-order valence-corrected chi connectivity index (χ2v) is 7.10. The minimum Gasteiger partial charge on any atom is -0.445 e. The zero-order chi connectivity index (χ0) is 18.8. The van der Waals surface area contributed by atoms with Crippen molar-refractivity contribution in [1.29, 1.82) is 0 Å². The molecular formula is C22H23FNO3+. The lowest BCUT2D eigenvalue weighted by Gasteiger charge is -2.26. The van der Waals surface area contributed by atoms with Crippen molar-refractivity contribution in [2.24, 2.45) is 0 Å². The Morgan fingerprint density at radius 1 is 1.15 bits per heavy atom. The van der Waals surface area contributed by atoms with Gasteiger partial charge in [-0.3, -0.25) is 4.90 Å². The van der Waals surface area contributed by atoms with Gasteiger partial charge in [-0.25, -0.2) is 9.18 Å². The molecule has 0 saturated carbocycles. The molecule has 0 saturated heterocycles. The van der Waals surface area contributed by atoms with E-state index in [0.717, 1.165) is 46.4 Å². The van der Waals surface area contributed by atoms with Crippen LogP contribution in [0.3, 0.4) is 0 Å². The number of ether oxygens (including phenoxy) is 1. The molecule has 4 nitrogen and oxygen atoms in total. The van der Waals surface area contributed by atoms with Crippen LogP contribution in [0.2, 0.25) is 0 Å². The van der Waals surface area contributed by atoms with Crippen LogP contribution in [-0.4, -0.2) is 6.73 Å². The number of halogens is 1. The molecule has 1 aliphatic rings. The summed E-state index contributed by atoms with van der Waals surface area (Å²) in [6.45, 7) is 3.73. The SMILES string of the molecule is CCCCc1cc(=O)oc2c3c(ccc12)OC[NH+](Cc1ccccc1F)C3. The standard InChI is InChI=1S/C22H22FNO3/c1-2-3-6-15-11-21(25)27-22-17(15)9-10-20-18(22)13-24(14-26-20)12-16-7-4-5-8-19(16)23/h4-5,7-11H,2-3,6,12-14H2,1H3/p+1. The summed E-state index contributed by atoms with van der Waals surface area (Å²) in [5.74, 6) is 0.540. The molecule has 2 heterocycles. The third-order valence-corrected chi connectivity index (χ3v) is 5.11. The number of aryl methyl sites for hydroxylation is 1. The average molecular weight is 368 g/mol. The predicted octanol–water partition coefficient (Wildman–Crippen LogP) is 3.21. The highest BCUT2D eigenvalue weighted by Gasteiger charge is 2.25. The summed E-state index contributed by atoms with van der Waals surface area (Å²) < 4.78 is 25.5. The van der Waals surface area contributed by atoms with Crippen LogP contribution in [-0.2, 0) is 19.5 Å². The first kappa shape index (κ1) is 17.7. The number of fused-ring (bicyclic) bond motifs is 3. The van der Waals surface area contributed by atoms with Gasteiger partial charge in [-0.15, -0.1) is 0 Å². The molecule has 5 heteroatoms. The Kier molecular flexibility index (Phi) is 4.94. The maximum Gasteiger partial charge on any atom is 0.336 e. The fourth-order valence-corrected chi connectivity index (χ4v) is 3.71. The van der Waals surface area contributed by atoms with E-state index in [-0.39, 0.29) is 11.4 Å². The second kappa shape index (κ2) is 7.53. The maximum absolute atomic E-state index is 14.0. The van der Waals surface area contributed by atoms with Crippen molar-refractivity contribution in [3.63, 3.8) is 0 Å². The highest BCUT2D eigenvalue weighted by atomic mass is 19.1. The number of quaternary nitrogens is 1. The topological polar surface area (TPSA) is 43.9 Å². The van der Waals surface area contributed by atoms with Crippen LogP contribution in [0.4, 0.5) is 4.39 Å². The van der Waals surface area contributed by atoms with E-state index in [1.165, 1.54) is 6.07 Å². The van der Waals surface area contributed by atoms with Gasteiger partial charge in [-0.2, -0.15) is 0 Å². The Morgan fingerprint density at radius 3 is 2.81 bits per heavy atom. The number of hydrogen-bond acceptors (Lipinski definition) is 3. The van der Waals surface area contributed by atoms with E-state index in [4.69, 9.17) is 9.15 Å². The summed E-state index contributed by atoms with van der Waals surface area (Å²) in [5, 5.41) is 0.970. The fourth-order valence-electron chi connectivity index (χ4n) is 3.71. The highest BCUT2D eigenvalue weighted by molar-refractivity contribution is 5.85. The van der Waals surface area contributed by atoms with E-state index in [9.17, 15) is 9.18 Å². The van der Waals surface area contributed by atoms with Crippen molar-refractivity contribution in [3.8, 4) is 5.75 Å². The molecule has 0 bridgehead atoms. The zero-order valence-corrected chi connectivity index (χ0v) is 15.4. The summed E-state index contributed by atoms with van der Waals surface area (Å²) >= 11 is 0. The van der Waals surface area contributed by atoms with Gasteiger partial charge in [-0.1, -0.05) is 31.5 Å². The van der Waals surface area contributed by atoms with Crippen LogP contribution in [0.1, 0.15) is 36.5 Å². The smallest absolute Gasteiger partial charge is 0.336 e. The normalized spacial score (nSPS) is 16.1. The molecule has 27 heavy (non-hydrogen) atoms. The van der Waals surface area contributed by atoms with Crippen LogP contribution >= 0.6 is 0 Å². The van der Waals surface area contributed by atoms with E-state index >= 15 is 0 Å². The van der Waals surface area contributed by atoms with E-state index in [1.807, 2.05) is 18.2 Å². The minimum absolute atomic E-state index is 0.206. The van der Waals surface area contributed by atoms with Crippen molar-refractivity contribution in [2.45, 2.75) is 39.3 Å². The van der Waals surface area contributed by atoms with E-state index < -0.39 is 0 Å². The zero-order valence-electron chi connectivity index (χ0n) is 15.4. The number of unbranched alkanes of at least 4 members (excludes halogenated alkanes) is 1. The van der Waals surface area contributed by atoms with Gasteiger partial charge in [0.25, 0.3) is 0 Å². The van der Waals surface area contributed by atoms with Gasteiger partial charge >= 0.3 is 5.63 Å². The van der Waals surface area contributed by atoms with Gasteiger partial charge in [0.05, 0.1) is 5.56 Å². The summed E-state index contributed by atoms with van der Waals surface area (Å²) in [6, 6.07) is 12.3. The third kappa shape index (κ3) is 3.60. The lowest BCUT2D eigenvalue weighted by Crippen LogP contribution is -3.11. The Bertz CT molecular complexity index is 1030. The third-order valence-electron chi connectivity index (χ3n) is 5.11. The Balaban J connectivity index is 1.70.